The number of halogens is 1. The van der Waals surface area contributed by atoms with Gasteiger partial charge in [0.15, 0.2) is 0 Å². The summed E-state index contributed by atoms with van der Waals surface area (Å²) in [4.78, 5) is 12.0. The van der Waals surface area contributed by atoms with Gasteiger partial charge in [0.05, 0.1) is 11.0 Å². The van der Waals surface area contributed by atoms with Crippen molar-refractivity contribution in [2.24, 2.45) is 5.73 Å². The predicted octanol–water partition coefficient (Wildman–Crippen LogP) is 5.34. The molecule has 1 heterocycles. The summed E-state index contributed by atoms with van der Waals surface area (Å²) in [7, 11) is 0. The fourth-order valence-corrected chi connectivity index (χ4v) is 4.10. The summed E-state index contributed by atoms with van der Waals surface area (Å²) in [5.41, 5.74) is 9.97. The second-order valence-electron chi connectivity index (χ2n) is 7.40. The van der Waals surface area contributed by atoms with Crippen LogP contribution >= 0.6 is 0 Å². The molecule has 0 aliphatic rings. The number of benzene rings is 4. The maximum Gasteiger partial charge on any atom is 0.249 e. The number of aryl methyl sites for hydroxylation is 1. The summed E-state index contributed by atoms with van der Waals surface area (Å²) in [6.45, 7) is 2.67. The Morgan fingerprint density at radius 2 is 1.79 bits per heavy atom. The third kappa shape index (κ3) is 2.85. The molecule has 1 radical (unpaired) electrons. The van der Waals surface area contributed by atoms with E-state index in [1.165, 1.54) is 22.4 Å². The fraction of sp³-hybridized carbons (Fsp3) is 0.0800. The molecular formula is C25H18FN2O. The number of fused-ring (bicyclic) bond motifs is 4. The van der Waals surface area contributed by atoms with Crippen molar-refractivity contribution in [3.63, 3.8) is 0 Å². The van der Waals surface area contributed by atoms with Gasteiger partial charge in [-0.15, -0.1) is 0 Å². The first kappa shape index (κ1) is 17.4. The number of primary amides is 1. The van der Waals surface area contributed by atoms with Crippen LogP contribution in [0.1, 0.15) is 21.5 Å². The number of hydrogen-bond donors (Lipinski definition) is 1. The van der Waals surface area contributed by atoms with E-state index in [2.05, 4.69) is 54.0 Å². The van der Waals surface area contributed by atoms with E-state index in [1.54, 1.807) is 18.2 Å². The van der Waals surface area contributed by atoms with Crippen LogP contribution in [0.15, 0.2) is 66.7 Å². The SMILES string of the molecule is Cc1ccc2cc(Cn3c4ccc(F)[c]c4c4c(C(N)=O)cccc43)ccc2c1. The van der Waals surface area contributed by atoms with E-state index in [1.807, 2.05) is 6.07 Å². The first-order chi connectivity index (χ1) is 14.0. The molecule has 141 valence electrons. The van der Waals surface area contributed by atoms with Crippen molar-refractivity contribution in [1.82, 2.24) is 4.57 Å². The molecule has 3 nitrogen and oxygen atoms in total. The van der Waals surface area contributed by atoms with Crippen molar-refractivity contribution in [3.8, 4) is 0 Å². The molecule has 2 N–H and O–H groups in total. The zero-order valence-electron chi connectivity index (χ0n) is 15.9. The Bertz CT molecular complexity index is 1430. The molecule has 0 unspecified atom stereocenters. The van der Waals surface area contributed by atoms with Crippen molar-refractivity contribution in [3.05, 3.63) is 95.3 Å². The zero-order chi connectivity index (χ0) is 20.1. The third-order valence-corrected chi connectivity index (χ3v) is 5.43. The second kappa shape index (κ2) is 6.45. The Kier molecular flexibility index (Phi) is 3.88. The standard InChI is InChI=1S/C25H18FN2O/c1-15-5-7-18-12-16(6-8-17(18)11-15)14-28-22-10-9-19(26)13-21(22)24-20(25(27)29)3-2-4-23(24)28/h2-12H,14H2,1H3,(H2,27,29). The molecular weight excluding hydrogens is 363 g/mol. The first-order valence-corrected chi connectivity index (χ1v) is 9.43. The van der Waals surface area contributed by atoms with Crippen molar-refractivity contribution in [2.45, 2.75) is 13.5 Å². The van der Waals surface area contributed by atoms with Gasteiger partial charge < -0.3 is 10.3 Å². The van der Waals surface area contributed by atoms with E-state index in [-0.39, 0.29) is 0 Å². The zero-order valence-corrected chi connectivity index (χ0v) is 15.9. The molecule has 0 aliphatic heterocycles. The maximum absolute atomic E-state index is 14.0. The van der Waals surface area contributed by atoms with Crippen molar-refractivity contribution >= 4 is 38.5 Å². The van der Waals surface area contributed by atoms with Gasteiger partial charge >= 0.3 is 0 Å². The van der Waals surface area contributed by atoms with E-state index >= 15 is 0 Å². The van der Waals surface area contributed by atoms with Crippen LogP contribution in [0.2, 0.25) is 0 Å². The van der Waals surface area contributed by atoms with Gasteiger partial charge in [0.1, 0.15) is 5.82 Å². The van der Waals surface area contributed by atoms with Crippen LogP contribution in [0.5, 0.6) is 0 Å². The summed E-state index contributed by atoms with van der Waals surface area (Å²) in [6, 6.07) is 24.1. The van der Waals surface area contributed by atoms with Gasteiger partial charge in [0.25, 0.3) is 0 Å². The summed E-state index contributed by atoms with van der Waals surface area (Å²) in [5.74, 6) is -0.995. The van der Waals surface area contributed by atoms with Gasteiger partial charge in [-0.2, -0.15) is 0 Å². The van der Waals surface area contributed by atoms with Crippen molar-refractivity contribution in [2.75, 3.05) is 0 Å². The molecule has 0 saturated heterocycles. The summed E-state index contributed by atoms with van der Waals surface area (Å²) >= 11 is 0. The molecule has 4 heteroatoms. The van der Waals surface area contributed by atoms with Crippen LogP contribution in [-0.4, -0.2) is 10.5 Å². The average Bonchev–Trinajstić information content (AvgIpc) is 3.01. The number of carbonyl (C=O) groups excluding carboxylic acids is 1. The van der Waals surface area contributed by atoms with Gasteiger partial charge in [-0.1, -0.05) is 42.0 Å². The lowest BCUT2D eigenvalue weighted by molar-refractivity contribution is 0.100. The first-order valence-electron chi connectivity index (χ1n) is 9.43. The third-order valence-electron chi connectivity index (χ3n) is 5.43. The van der Waals surface area contributed by atoms with Crippen molar-refractivity contribution in [1.29, 1.82) is 0 Å². The number of aromatic nitrogens is 1. The summed E-state index contributed by atoms with van der Waals surface area (Å²) in [6.07, 6.45) is 0. The number of rotatable bonds is 3. The molecule has 4 aromatic carbocycles. The lowest BCUT2D eigenvalue weighted by atomic mass is 10.0. The average molecular weight is 381 g/mol. The second-order valence-corrected chi connectivity index (χ2v) is 7.40. The normalized spacial score (nSPS) is 11.5. The van der Waals surface area contributed by atoms with Crippen LogP contribution in [-0.2, 0) is 6.54 Å². The topological polar surface area (TPSA) is 48.0 Å². The summed E-state index contributed by atoms with van der Waals surface area (Å²) in [5, 5.41) is 3.59. The molecule has 0 bridgehead atoms. The Morgan fingerprint density at radius 1 is 1.00 bits per heavy atom. The van der Waals surface area contributed by atoms with Crippen LogP contribution in [0, 0.1) is 18.8 Å². The lowest BCUT2D eigenvalue weighted by Gasteiger charge is -2.10. The highest BCUT2D eigenvalue weighted by Gasteiger charge is 2.17. The Balaban J connectivity index is 1.75. The van der Waals surface area contributed by atoms with E-state index in [0.717, 1.165) is 16.6 Å². The summed E-state index contributed by atoms with van der Waals surface area (Å²) < 4.78 is 16.0. The largest absolute Gasteiger partial charge is 0.366 e. The van der Waals surface area contributed by atoms with Crippen molar-refractivity contribution < 1.29 is 9.18 Å². The van der Waals surface area contributed by atoms with E-state index in [4.69, 9.17) is 5.73 Å². The van der Waals surface area contributed by atoms with E-state index in [0.29, 0.717) is 22.9 Å². The Hall–Kier alpha value is -3.66. The van der Waals surface area contributed by atoms with Crippen LogP contribution in [0.4, 0.5) is 4.39 Å². The molecule has 5 rings (SSSR count). The minimum atomic E-state index is -0.534. The van der Waals surface area contributed by atoms with Crippen LogP contribution < -0.4 is 5.73 Å². The lowest BCUT2D eigenvalue weighted by Crippen LogP contribution is -2.11. The molecule has 5 aromatic rings. The van der Waals surface area contributed by atoms with Gasteiger partial charge in [0.2, 0.25) is 5.91 Å². The molecule has 0 spiro atoms. The highest BCUT2D eigenvalue weighted by molar-refractivity contribution is 6.17. The maximum atomic E-state index is 14.0. The number of nitrogens with zero attached hydrogens (tertiary/aromatic N) is 1. The number of amides is 1. The minimum absolute atomic E-state index is 0.377. The van der Waals surface area contributed by atoms with Gasteiger partial charge in [0, 0.05) is 28.9 Å². The van der Waals surface area contributed by atoms with Gasteiger partial charge in [-0.25, -0.2) is 4.39 Å². The highest BCUT2D eigenvalue weighted by Crippen LogP contribution is 2.33. The highest BCUT2D eigenvalue weighted by atomic mass is 19.1. The minimum Gasteiger partial charge on any atom is -0.366 e. The van der Waals surface area contributed by atoms with E-state index < -0.39 is 11.7 Å². The number of hydrogen-bond acceptors (Lipinski definition) is 1. The molecule has 1 aromatic heterocycles. The quantitative estimate of drug-likeness (QED) is 0.450. The van der Waals surface area contributed by atoms with Crippen LogP contribution in [0.25, 0.3) is 32.6 Å². The molecule has 0 aliphatic carbocycles. The Morgan fingerprint density at radius 3 is 2.62 bits per heavy atom. The molecule has 0 saturated carbocycles. The van der Waals surface area contributed by atoms with E-state index in [9.17, 15) is 9.18 Å². The molecule has 0 atom stereocenters. The Labute approximate surface area is 167 Å². The fourth-order valence-electron chi connectivity index (χ4n) is 4.10. The van der Waals surface area contributed by atoms with Gasteiger partial charge in [-0.05, 0) is 53.6 Å². The molecule has 0 fully saturated rings. The monoisotopic (exact) mass is 381 g/mol. The van der Waals surface area contributed by atoms with Crippen LogP contribution in [0.3, 0.4) is 0 Å². The van der Waals surface area contributed by atoms with Gasteiger partial charge in [-0.3, -0.25) is 4.79 Å². The number of carbonyl (C=O) groups is 1. The molecule has 29 heavy (non-hydrogen) atoms. The molecule has 1 amide bonds. The smallest absolute Gasteiger partial charge is 0.249 e. The predicted molar refractivity (Wildman–Crippen MR) is 115 cm³/mol. The number of nitrogens with two attached hydrogens (primary N) is 1.